The second kappa shape index (κ2) is 5.85. The number of nitrogens with zero attached hydrogens (tertiary/aromatic N) is 1. The molecule has 4 heteroatoms. The van der Waals surface area contributed by atoms with E-state index < -0.39 is 0 Å². The highest BCUT2D eigenvalue weighted by atomic mass is 16.5. The first-order chi connectivity index (χ1) is 7.15. The molecule has 0 atom stereocenters. The summed E-state index contributed by atoms with van der Waals surface area (Å²) in [5, 5.41) is 0. The van der Waals surface area contributed by atoms with E-state index in [0.717, 1.165) is 12.8 Å². The van der Waals surface area contributed by atoms with Gasteiger partial charge in [-0.2, -0.15) is 0 Å². The van der Waals surface area contributed by atoms with E-state index in [1.54, 1.807) is 11.8 Å². The van der Waals surface area contributed by atoms with Crippen LogP contribution < -0.4 is 0 Å². The number of likely N-dealkylation sites (tertiary alicyclic amines) is 1. The van der Waals surface area contributed by atoms with Gasteiger partial charge in [0.15, 0.2) is 0 Å². The Morgan fingerprint density at radius 3 is 2.40 bits per heavy atom. The lowest BCUT2D eigenvalue weighted by molar-refractivity contribution is -0.138. The van der Waals surface area contributed by atoms with Gasteiger partial charge in [-0.15, -0.1) is 0 Å². The normalized spacial score (nSPS) is 17.9. The van der Waals surface area contributed by atoms with Crippen LogP contribution in [0.3, 0.4) is 0 Å². The molecule has 1 aliphatic rings. The molecule has 0 unspecified atom stereocenters. The van der Waals surface area contributed by atoms with Crippen molar-refractivity contribution in [3.8, 4) is 0 Å². The number of ether oxygens (including phenoxy) is 1. The van der Waals surface area contributed by atoms with Crippen molar-refractivity contribution in [3.05, 3.63) is 0 Å². The van der Waals surface area contributed by atoms with E-state index in [4.69, 9.17) is 4.74 Å². The van der Waals surface area contributed by atoms with Crippen molar-refractivity contribution in [1.29, 1.82) is 0 Å². The van der Waals surface area contributed by atoms with Crippen molar-refractivity contribution in [3.63, 3.8) is 0 Å². The van der Waals surface area contributed by atoms with Crippen molar-refractivity contribution in [2.75, 3.05) is 26.3 Å². The van der Waals surface area contributed by atoms with Crippen molar-refractivity contribution >= 4 is 11.7 Å². The molecule has 15 heavy (non-hydrogen) atoms. The minimum absolute atomic E-state index is 0.0406. The highest BCUT2D eigenvalue weighted by Gasteiger charge is 2.24. The van der Waals surface area contributed by atoms with Gasteiger partial charge in [0, 0.05) is 25.6 Å². The first-order valence-electron chi connectivity index (χ1n) is 5.51. The average molecular weight is 213 g/mol. The van der Waals surface area contributed by atoms with Crippen LogP contribution in [0.25, 0.3) is 0 Å². The number of carbonyl (C=O) groups is 2. The van der Waals surface area contributed by atoms with E-state index >= 15 is 0 Å². The molecule has 1 aliphatic heterocycles. The quantitative estimate of drug-likeness (QED) is 0.695. The van der Waals surface area contributed by atoms with Gasteiger partial charge < -0.3 is 9.64 Å². The zero-order valence-electron chi connectivity index (χ0n) is 9.49. The molecule has 0 radical (unpaired) electrons. The molecule has 1 fully saturated rings. The summed E-state index contributed by atoms with van der Waals surface area (Å²) in [7, 11) is 0. The predicted octanol–water partition coefficient (Wildman–Crippen LogP) is 0.851. The number of Topliss-reactive ketones (excluding diaryl/α,β-unsaturated/α-hetero) is 1. The minimum Gasteiger partial charge on any atom is -0.372 e. The molecule has 0 saturated carbocycles. The second-order valence-corrected chi connectivity index (χ2v) is 3.90. The molecule has 0 spiro atoms. The number of amides is 1. The molecule has 1 saturated heterocycles. The first kappa shape index (κ1) is 12.2. The number of carbonyl (C=O) groups excluding carboxylic acids is 2. The van der Waals surface area contributed by atoms with Gasteiger partial charge in [-0.1, -0.05) is 0 Å². The third kappa shape index (κ3) is 3.63. The van der Waals surface area contributed by atoms with Crippen molar-refractivity contribution in [1.82, 2.24) is 4.90 Å². The summed E-state index contributed by atoms with van der Waals surface area (Å²) in [5.74, 6) is 0.437. The number of ketones is 1. The molecule has 86 valence electrons. The van der Waals surface area contributed by atoms with Crippen LogP contribution in [-0.2, 0) is 14.3 Å². The van der Waals surface area contributed by atoms with E-state index in [0.29, 0.717) is 19.7 Å². The van der Waals surface area contributed by atoms with Crippen LogP contribution in [0.1, 0.15) is 26.7 Å². The van der Waals surface area contributed by atoms with Gasteiger partial charge >= 0.3 is 0 Å². The van der Waals surface area contributed by atoms with E-state index in [-0.39, 0.29) is 24.2 Å². The zero-order valence-corrected chi connectivity index (χ0v) is 9.49. The molecule has 0 aromatic carbocycles. The smallest absolute Gasteiger partial charge is 0.248 e. The van der Waals surface area contributed by atoms with Gasteiger partial charge in [-0.05, 0) is 26.7 Å². The maximum absolute atomic E-state index is 11.5. The summed E-state index contributed by atoms with van der Waals surface area (Å²) in [6.07, 6.45) is 1.60. The fraction of sp³-hybridized carbons (Fsp3) is 0.818. The molecule has 0 bridgehead atoms. The Morgan fingerprint density at radius 2 is 1.93 bits per heavy atom. The van der Waals surface area contributed by atoms with E-state index in [1.165, 1.54) is 0 Å². The lowest BCUT2D eigenvalue weighted by Gasteiger charge is -2.30. The highest BCUT2D eigenvalue weighted by Crippen LogP contribution is 2.17. The minimum atomic E-state index is 0.0406. The predicted molar refractivity (Wildman–Crippen MR) is 56.5 cm³/mol. The summed E-state index contributed by atoms with van der Waals surface area (Å²) in [4.78, 5) is 24.5. The van der Waals surface area contributed by atoms with Crippen LogP contribution >= 0.6 is 0 Å². The van der Waals surface area contributed by atoms with Crippen molar-refractivity contribution in [2.45, 2.75) is 26.7 Å². The van der Waals surface area contributed by atoms with Crippen LogP contribution in [-0.4, -0.2) is 42.9 Å². The van der Waals surface area contributed by atoms with Gasteiger partial charge in [0.2, 0.25) is 5.91 Å². The van der Waals surface area contributed by atoms with Gasteiger partial charge in [-0.3, -0.25) is 9.59 Å². The fourth-order valence-corrected chi connectivity index (χ4v) is 1.82. The first-order valence-corrected chi connectivity index (χ1v) is 5.51. The molecule has 1 heterocycles. The van der Waals surface area contributed by atoms with Gasteiger partial charge in [0.05, 0.1) is 0 Å². The van der Waals surface area contributed by atoms with Crippen LogP contribution in [0, 0.1) is 5.92 Å². The molecule has 0 N–H and O–H groups in total. The van der Waals surface area contributed by atoms with Crippen LogP contribution in [0.5, 0.6) is 0 Å². The van der Waals surface area contributed by atoms with Crippen LogP contribution in [0.2, 0.25) is 0 Å². The second-order valence-electron chi connectivity index (χ2n) is 3.90. The SMILES string of the molecule is CCOCC(=O)N1CCC(C(C)=O)CC1. The molecule has 0 aliphatic carbocycles. The number of hydrogen-bond donors (Lipinski definition) is 0. The highest BCUT2D eigenvalue weighted by molar-refractivity contribution is 5.80. The molecule has 1 rings (SSSR count). The van der Waals surface area contributed by atoms with Crippen LogP contribution in [0.15, 0.2) is 0 Å². The number of hydrogen-bond acceptors (Lipinski definition) is 3. The standard InChI is InChI=1S/C11H19NO3/c1-3-15-8-11(14)12-6-4-10(5-7-12)9(2)13/h10H,3-8H2,1-2H3. The van der Waals surface area contributed by atoms with E-state index in [9.17, 15) is 9.59 Å². The molecule has 1 amide bonds. The number of piperidine rings is 1. The maximum Gasteiger partial charge on any atom is 0.248 e. The van der Waals surface area contributed by atoms with Gasteiger partial charge in [0.25, 0.3) is 0 Å². The lowest BCUT2D eigenvalue weighted by Crippen LogP contribution is -2.41. The topological polar surface area (TPSA) is 46.6 Å². The molecule has 4 nitrogen and oxygen atoms in total. The Bertz CT molecular complexity index is 232. The Labute approximate surface area is 90.6 Å². The molecule has 0 aromatic heterocycles. The van der Waals surface area contributed by atoms with E-state index in [1.807, 2.05) is 6.92 Å². The Kier molecular flexibility index (Phi) is 4.75. The number of rotatable bonds is 4. The summed E-state index contributed by atoms with van der Waals surface area (Å²) < 4.78 is 5.06. The third-order valence-corrected chi connectivity index (χ3v) is 2.85. The zero-order chi connectivity index (χ0) is 11.3. The lowest BCUT2D eigenvalue weighted by atomic mass is 9.93. The summed E-state index contributed by atoms with van der Waals surface area (Å²) in [6, 6.07) is 0. The van der Waals surface area contributed by atoms with Gasteiger partial charge in [-0.25, -0.2) is 0 Å². The Morgan fingerprint density at radius 1 is 1.33 bits per heavy atom. The monoisotopic (exact) mass is 213 g/mol. The third-order valence-electron chi connectivity index (χ3n) is 2.85. The molecule has 0 aromatic rings. The maximum atomic E-state index is 11.5. The average Bonchev–Trinajstić information content (AvgIpc) is 2.26. The molecular formula is C11H19NO3. The Balaban J connectivity index is 2.30. The van der Waals surface area contributed by atoms with E-state index in [2.05, 4.69) is 0 Å². The largest absolute Gasteiger partial charge is 0.372 e. The van der Waals surface area contributed by atoms with Crippen molar-refractivity contribution < 1.29 is 14.3 Å². The summed E-state index contributed by atoms with van der Waals surface area (Å²) in [6.45, 7) is 5.61. The Hall–Kier alpha value is -0.900. The fourth-order valence-electron chi connectivity index (χ4n) is 1.82. The molecular weight excluding hydrogens is 194 g/mol. The van der Waals surface area contributed by atoms with Gasteiger partial charge in [0.1, 0.15) is 12.4 Å². The summed E-state index contributed by atoms with van der Waals surface area (Å²) in [5.41, 5.74) is 0. The summed E-state index contributed by atoms with van der Waals surface area (Å²) >= 11 is 0. The van der Waals surface area contributed by atoms with Crippen molar-refractivity contribution in [2.24, 2.45) is 5.92 Å². The van der Waals surface area contributed by atoms with Crippen LogP contribution in [0.4, 0.5) is 0 Å².